The van der Waals surface area contributed by atoms with Crippen molar-refractivity contribution in [3.8, 4) is 6.07 Å². The van der Waals surface area contributed by atoms with Crippen molar-refractivity contribution >= 4 is 5.91 Å². The predicted octanol–water partition coefficient (Wildman–Crippen LogP) is 0.976. The minimum Gasteiger partial charge on any atom is -0.351 e. The topological polar surface area (TPSA) is 64.9 Å². The van der Waals surface area contributed by atoms with Crippen LogP contribution in [0.15, 0.2) is 18.2 Å². The van der Waals surface area contributed by atoms with Gasteiger partial charge in [-0.25, -0.2) is 0 Å². The van der Waals surface area contributed by atoms with Crippen molar-refractivity contribution in [1.29, 1.82) is 5.26 Å². The highest BCUT2D eigenvalue weighted by Crippen LogP contribution is 2.18. The first-order valence-electron chi connectivity index (χ1n) is 5.79. The number of carbonyl (C=O) groups is 1. The zero-order valence-electron chi connectivity index (χ0n) is 9.62. The zero-order valence-corrected chi connectivity index (χ0v) is 9.62. The Bertz CT molecular complexity index is 462. The van der Waals surface area contributed by atoms with Crippen molar-refractivity contribution in [3.63, 3.8) is 0 Å². The molecule has 1 aromatic rings. The van der Waals surface area contributed by atoms with Gasteiger partial charge in [-0.1, -0.05) is 12.1 Å². The van der Waals surface area contributed by atoms with E-state index in [-0.39, 0.29) is 5.91 Å². The summed E-state index contributed by atoms with van der Waals surface area (Å²) < 4.78 is 0. The monoisotopic (exact) mass is 229 g/mol. The molecular weight excluding hydrogens is 214 g/mol. The van der Waals surface area contributed by atoms with Crippen LogP contribution in [0.5, 0.6) is 0 Å². The van der Waals surface area contributed by atoms with Gasteiger partial charge in [-0.15, -0.1) is 0 Å². The molecule has 0 aromatic heterocycles. The van der Waals surface area contributed by atoms with Crippen LogP contribution in [0.25, 0.3) is 0 Å². The first kappa shape index (κ1) is 11.6. The molecule has 88 valence electrons. The standard InChI is InChI=1S/C13H15N3O/c14-6-2-7-16-13(17)12-4-1-3-10-9-15-8-5-11(10)12/h1,3-4,15H,2,5,7-9H2,(H,16,17). The summed E-state index contributed by atoms with van der Waals surface area (Å²) in [6, 6.07) is 7.82. The summed E-state index contributed by atoms with van der Waals surface area (Å²) in [5, 5.41) is 14.5. The van der Waals surface area contributed by atoms with Crippen molar-refractivity contribution < 1.29 is 4.79 Å². The number of hydrogen-bond acceptors (Lipinski definition) is 3. The number of nitrogens with one attached hydrogen (secondary N) is 2. The second kappa shape index (κ2) is 5.46. The number of rotatable bonds is 3. The Morgan fingerprint density at radius 1 is 1.53 bits per heavy atom. The Balaban J connectivity index is 2.15. The molecular formula is C13H15N3O. The SMILES string of the molecule is N#CCCNC(=O)c1cccc2c1CCNC2. The maximum atomic E-state index is 12.0. The van der Waals surface area contributed by atoms with Gasteiger partial charge in [0.05, 0.1) is 12.5 Å². The molecule has 0 aliphatic carbocycles. The number of carbonyl (C=O) groups excluding carboxylic acids is 1. The van der Waals surface area contributed by atoms with Crippen LogP contribution in [0.3, 0.4) is 0 Å². The third-order valence-electron chi connectivity index (χ3n) is 2.91. The van der Waals surface area contributed by atoms with Gasteiger partial charge in [0.25, 0.3) is 5.91 Å². The van der Waals surface area contributed by atoms with Crippen LogP contribution in [-0.2, 0) is 13.0 Å². The fourth-order valence-electron chi connectivity index (χ4n) is 2.07. The molecule has 0 saturated carbocycles. The summed E-state index contributed by atoms with van der Waals surface area (Å²) in [5.74, 6) is -0.0704. The van der Waals surface area contributed by atoms with E-state index in [1.165, 1.54) is 5.56 Å². The molecule has 0 spiro atoms. The van der Waals surface area contributed by atoms with Gasteiger partial charge in [0.2, 0.25) is 0 Å². The van der Waals surface area contributed by atoms with Crippen molar-refractivity contribution in [2.24, 2.45) is 0 Å². The summed E-state index contributed by atoms with van der Waals surface area (Å²) in [6.07, 6.45) is 1.24. The van der Waals surface area contributed by atoms with Gasteiger partial charge in [-0.05, 0) is 30.2 Å². The number of hydrogen-bond donors (Lipinski definition) is 2. The van der Waals surface area contributed by atoms with Crippen LogP contribution in [-0.4, -0.2) is 19.0 Å². The largest absolute Gasteiger partial charge is 0.351 e. The van der Waals surface area contributed by atoms with Crippen LogP contribution in [0, 0.1) is 11.3 Å². The Hall–Kier alpha value is -1.86. The minimum absolute atomic E-state index is 0.0704. The molecule has 0 atom stereocenters. The molecule has 0 unspecified atom stereocenters. The van der Waals surface area contributed by atoms with E-state index in [0.717, 1.165) is 30.6 Å². The number of amides is 1. The van der Waals surface area contributed by atoms with E-state index in [4.69, 9.17) is 5.26 Å². The molecule has 0 radical (unpaired) electrons. The molecule has 1 aliphatic heterocycles. The highest BCUT2D eigenvalue weighted by atomic mass is 16.1. The summed E-state index contributed by atoms with van der Waals surface area (Å²) in [5.41, 5.74) is 3.09. The van der Waals surface area contributed by atoms with Crippen molar-refractivity contribution in [1.82, 2.24) is 10.6 Å². The smallest absolute Gasteiger partial charge is 0.251 e. The Morgan fingerprint density at radius 3 is 3.24 bits per heavy atom. The maximum absolute atomic E-state index is 12.0. The molecule has 0 bridgehead atoms. The lowest BCUT2D eigenvalue weighted by Crippen LogP contribution is -2.29. The van der Waals surface area contributed by atoms with E-state index >= 15 is 0 Å². The molecule has 4 heteroatoms. The summed E-state index contributed by atoms with van der Waals surface area (Å²) in [6.45, 7) is 2.15. The summed E-state index contributed by atoms with van der Waals surface area (Å²) >= 11 is 0. The van der Waals surface area contributed by atoms with Gasteiger partial charge in [0.15, 0.2) is 0 Å². The zero-order chi connectivity index (χ0) is 12.1. The molecule has 1 aliphatic rings. The van der Waals surface area contributed by atoms with Gasteiger partial charge in [-0.2, -0.15) is 5.26 Å². The third kappa shape index (κ3) is 2.63. The van der Waals surface area contributed by atoms with E-state index in [9.17, 15) is 4.79 Å². The number of nitriles is 1. The van der Waals surface area contributed by atoms with E-state index < -0.39 is 0 Å². The number of benzene rings is 1. The Morgan fingerprint density at radius 2 is 2.41 bits per heavy atom. The molecule has 2 N–H and O–H groups in total. The second-order valence-electron chi connectivity index (χ2n) is 4.03. The quantitative estimate of drug-likeness (QED) is 0.759. The van der Waals surface area contributed by atoms with E-state index in [2.05, 4.69) is 10.6 Å². The third-order valence-corrected chi connectivity index (χ3v) is 2.91. The number of nitrogens with zero attached hydrogens (tertiary/aromatic N) is 1. The average Bonchev–Trinajstić information content (AvgIpc) is 2.38. The van der Waals surface area contributed by atoms with Gasteiger partial charge in [0.1, 0.15) is 0 Å². The van der Waals surface area contributed by atoms with E-state index in [1.54, 1.807) is 0 Å². The fraction of sp³-hybridized carbons (Fsp3) is 0.385. The summed E-state index contributed by atoms with van der Waals surface area (Å²) in [4.78, 5) is 12.0. The predicted molar refractivity (Wildman–Crippen MR) is 64.4 cm³/mol. The normalized spacial score (nSPS) is 13.6. The second-order valence-corrected chi connectivity index (χ2v) is 4.03. The molecule has 4 nitrogen and oxygen atoms in total. The van der Waals surface area contributed by atoms with Crippen molar-refractivity contribution in [2.75, 3.05) is 13.1 Å². The van der Waals surface area contributed by atoms with Crippen LogP contribution in [0.1, 0.15) is 27.9 Å². The van der Waals surface area contributed by atoms with Gasteiger partial charge in [0, 0.05) is 18.7 Å². The lowest BCUT2D eigenvalue weighted by atomic mass is 9.95. The average molecular weight is 229 g/mol. The van der Waals surface area contributed by atoms with Crippen LogP contribution >= 0.6 is 0 Å². The highest BCUT2D eigenvalue weighted by Gasteiger charge is 2.16. The van der Waals surface area contributed by atoms with Crippen LogP contribution in [0.4, 0.5) is 0 Å². The van der Waals surface area contributed by atoms with Crippen LogP contribution in [0.2, 0.25) is 0 Å². The van der Waals surface area contributed by atoms with Gasteiger partial charge in [-0.3, -0.25) is 4.79 Å². The molecule has 17 heavy (non-hydrogen) atoms. The molecule has 0 fully saturated rings. The fourth-order valence-corrected chi connectivity index (χ4v) is 2.07. The molecule has 1 amide bonds. The molecule has 1 heterocycles. The first-order valence-corrected chi connectivity index (χ1v) is 5.79. The lowest BCUT2D eigenvalue weighted by Gasteiger charge is -2.19. The Labute approximate surface area is 101 Å². The van der Waals surface area contributed by atoms with E-state index in [1.807, 2.05) is 24.3 Å². The van der Waals surface area contributed by atoms with Crippen molar-refractivity contribution in [3.05, 3.63) is 34.9 Å². The van der Waals surface area contributed by atoms with Gasteiger partial charge < -0.3 is 10.6 Å². The van der Waals surface area contributed by atoms with Gasteiger partial charge >= 0.3 is 0 Å². The lowest BCUT2D eigenvalue weighted by molar-refractivity contribution is 0.0953. The Kier molecular flexibility index (Phi) is 3.73. The highest BCUT2D eigenvalue weighted by molar-refractivity contribution is 5.96. The molecule has 0 saturated heterocycles. The number of fused-ring (bicyclic) bond motifs is 1. The molecule has 2 rings (SSSR count). The summed E-state index contributed by atoms with van der Waals surface area (Å²) in [7, 11) is 0. The maximum Gasteiger partial charge on any atom is 0.251 e. The van der Waals surface area contributed by atoms with Crippen LogP contribution < -0.4 is 10.6 Å². The first-order chi connectivity index (χ1) is 8.33. The van der Waals surface area contributed by atoms with Crippen molar-refractivity contribution in [2.45, 2.75) is 19.4 Å². The molecule has 1 aromatic carbocycles. The minimum atomic E-state index is -0.0704. The van der Waals surface area contributed by atoms with E-state index in [0.29, 0.717) is 13.0 Å².